The molecule has 0 aromatic carbocycles. The van der Waals surface area contributed by atoms with Crippen LogP contribution < -0.4 is 5.73 Å². The second kappa shape index (κ2) is 4.91. The molecule has 4 nitrogen and oxygen atoms in total. The molecule has 1 heterocycles. The lowest BCUT2D eigenvalue weighted by Crippen LogP contribution is -2.14. The number of hydrogen-bond donors (Lipinski definition) is 3. The quantitative estimate of drug-likeness (QED) is 0.610. The Labute approximate surface area is 77.0 Å². The highest BCUT2D eigenvalue weighted by Gasteiger charge is 2.06. The lowest BCUT2D eigenvalue weighted by molar-refractivity contribution is 0.271. The van der Waals surface area contributed by atoms with Crippen LogP contribution in [-0.4, -0.2) is 21.8 Å². The van der Waals surface area contributed by atoms with E-state index in [1.54, 1.807) is 18.2 Å². The number of aliphatic hydroxyl groups excluding tert-OH is 2. The third-order valence-electron chi connectivity index (χ3n) is 1.81. The fourth-order valence-corrected chi connectivity index (χ4v) is 1.08. The van der Waals surface area contributed by atoms with Crippen LogP contribution in [0, 0.1) is 0 Å². The molecular formula is C9H14N2O2. The zero-order valence-electron chi connectivity index (χ0n) is 7.35. The van der Waals surface area contributed by atoms with Crippen LogP contribution in [0.3, 0.4) is 0 Å². The van der Waals surface area contributed by atoms with Crippen molar-refractivity contribution >= 4 is 0 Å². The minimum Gasteiger partial charge on any atom is -0.396 e. The van der Waals surface area contributed by atoms with E-state index in [0.29, 0.717) is 17.8 Å². The third-order valence-corrected chi connectivity index (χ3v) is 1.81. The van der Waals surface area contributed by atoms with Crippen molar-refractivity contribution in [2.75, 3.05) is 6.61 Å². The first-order chi connectivity index (χ1) is 6.27. The Bertz CT molecular complexity index is 266. The molecule has 0 spiro atoms. The molecule has 1 atom stereocenters. The monoisotopic (exact) mass is 182 g/mol. The van der Waals surface area contributed by atoms with Crippen LogP contribution in [0.5, 0.6) is 0 Å². The standard InChI is InChI=1S/C9H14N2O2/c10-8(4-5-12)9-3-1-2-7(6-13)11-9/h1-3,8,12-13H,4-6,10H2. The van der Waals surface area contributed by atoms with Gasteiger partial charge in [-0.2, -0.15) is 0 Å². The summed E-state index contributed by atoms with van der Waals surface area (Å²) < 4.78 is 0. The lowest BCUT2D eigenvalue weighted by Gasteiger charge is -2.09. The van der Waals surface area contributed by atoms with Crippen molar-refractivity contribution in [3.05, 3.63) is 29.6 Å². The van der Waals surface area contributed by atoms with Crippen LogP contribution in [0.1, 0.15) is 23.9 Å². The second-order valence-electron chi connectivity index (χ2n) is 2.83. The summed E-state index contributed by atoms with van der Waals surface area (Å²) in [6.45, 7) is -0.0358. The van der Waals surface area contributed by atoms with Gasteiger partial charge >= 0.3 is 0 Å². The SMILES string of the molecule is NC(CCO)c1cccc(CO)n1. The Morgan fingerprint density at radius 2 is 2.15 bits per heavy atom. The molecule has 1 aromatic heterocycles. The average molecular weight is 182 g/mol. The van der Waals surface area contributed by atoms with Crippen molar-refractivity contribution in [2.45, 2.75) is 19.1 Å². The summed E-state index contributed by atoms with van der Waals surface area (Å²) in [4.78, 5) is 4.12. The van der Waals surface area contributed by atoms with E-state index in [4.69, 9.17) is 15.9 Å². The third kappa shape index (κ3) is 2.77. The summed E-state index contributed by atoms with van der Waals surface area (Å²) in [6.07, 6.45) is 0.488. The zero-order chi connectivity index (χ0) is 9.68. The fourth-order valence-electron chi connectivity index (χ4n) is 1.08. The van der Waals surface area contributed by atoms with Gasteiger partial charge in [0.15, 0.2) is 0 Å². The minimum atomic E-state index is -0.253. The summed E-state index contributed by atoms with van der Waals surface area (Å²) in [5.74, 6) is 0. The number of nitrogens with two attached hydrogens (primary N) is 1. The number of aliphatic hydroxyl groups is 2. The first-order valence-corrected chi connectivity index (χ1v) is 4.21. The van der Waals surface area contributed by atoms with Crippen molar-refractivity contribution in [3.8, 4) is 0 Å². The molecule has 0 amide bonds. The van der Waals surface area contributed by atoms with Gasteiger partial charge < -0.3 is 15.9 Å². The predicted molar refractivity (Wildman–Crippen MR) is 48.8 cm³/mol. The predicted octanol–water partition coefficient (Wildman–Crippen LogP) is -0.0439. The molecule has 4 heteroatoms. The highest BCUT2D eigenvalue weighted by Crippen LogP contribution is 2.11. The molecule has 0 aliphatic carbocycles. The van der Waals surface area contributed by atoms with Crippen LogP contribution in [0.4, 0.5) is 0 Å². The van der Waals surface area contributed by atoms with Crippen molar-refractivity contribution in [1.29, 1.82) is 0 Å². The molecule has 13 heavy (non-hydrogen) atoms. The second-order valence-corrected chi connectivity index (χ2v) is 2.83. The molecule has 1 unspecified atom stereocenters. The van der Waals surface area contributed by atoms with Gasteiger partial charge in [-0.1, -0.05) is 6.07 Å². The van der Waals surface area contributed by atoms with Crippen LogP contribution in [0.25, 0.3) is 0 Å². The van der Waals surface area contributed by atoms with Gasteiger partial charge in [-0.25, -0.2) is 0 Å². The van der Waals surface area contributed by atoms with Gasteiger partial charge in [0.05, 0.1) is 18.0 Å². The number of rotatable bonds is 4. The van der Waals surface area contributed by atoms with E-state index in [9.17, 15) is 0 Å². The van der Waals surface area contributed by atoms with Crippen LogP contribution in [0.2, 0.25) is 0 Å². The van der Waals surface area contributed by atoms with Crippen molar-refractivity contribution < 1.29 is 10.2 Å². The molecular weight excluding hydrogens is 168 g/mol. The molecule has 0 fully saturated rings. The van der Waals surface area contributed by atoms with Crippen molar-refractivity contribution in [1.82, 2.24) is 4.98 Å². The van der Waals surface area contributed by atoms with Crippen LogP contribution in [-0.2, 0) is 6.61 Å². The zero-order valence-corrected chi connectivity index (χ0v) is 7.35. The minimum absolute atomic E-state index is 0.0478. The maximum absolute atomic E-state index is 8.82. The van der Waals surface area contributed by atoms with Crippen molar-refractivity contribution in [3.63, 3.8) is 0 Å². The number of pyridine rings is 1. The van der Waals surface area contributed by atoms with Gasteiger partial charge in [-0.15, -0.1) is 0 Å². The summed E-state index contributed by atoms with van der Waals surface area (Å²) in [5.41, 5.74) is 7.04. The molecule has 1 aromatic rings. The average Bonchev–Trinajstić information content (AvgIpc) is 2.18. The highest BCUT2D eigenvalue weighted by atomic mass is 16.3. The molecule has 0 saturated carbocycles. The molecule has 4 N–H and O–H groups in total. The summed E-state index contributed by atoms with van der Waals surface area (Å²) in [7, 11) is 0. The topological polar surface area (TPSA) is 79.4 Å². The van der Waals surface area contributed by atoms with E-state index >= 15 is 0 Å². The van der Waals surface area contributed by atoms with Gasteiger partial charge in [0.1, 0.15) is 0 Å². The van der Waals surface area contributed by atoms with Crippen LogP contribution >= 0.6 is 0 Å². The van der Waals surface area contributed by atoms with Crippen molar-refractivity contribution in [2.24, 2.45) is 5.73 Å². The Kier molecular flexibility index (Phi) is 3.82. The van der Waals surface area contributed by atoms with E-state index in [1.807, 2.05) is 0 Å². The van der Waals surface area contributed by atoms with Gasteiger partial charge in [0, 0.05) is 12.6 Å². The first-order valence-electron chi connectivity index (χ1n) is 4.21. The highest BCUT2D eigenvalue weighted by molar-refractivity contribution is 5.13. The number of nitrogens with zero attached hydrogens (tertiary/aromatic N) is 1. The van der Waals surface area contributed by atoms with Gasteiger partial charge in [0.25, 0.3) is 0 Å². The maximum Gasteiger partial charge on any atom is 0.0853 e. The molecule has 72 valence electrons. The number of hydrogen-bond acceptors (Lipinski definition) is 4. The van der Waals surface area contributed by atoms with Gasteiger partial charge in [0.2, 0.25) is 0 Å². The van der Waals surface area contributed by atoms with E-state index in [2.05, 4.69) is 4.98 Å². The van der Waals surface area contributed by atoms with Gasteiger partial charge in [-0.05, 0) is 18.6 Å². The van der Waals surface area contributed by atoms with Gasteiger partial charge in [-0.3, -0.25) is 4.98 Å². The maximum atomic E-state index is 8.82. The molecule has 0 saturated heterocycles. The summed E-state index contributed by atoms with van der Waals surface area (Å²) in [6, 6.07) is 5.07. The smallest absolute Gasteiger partial charge is 0.0853 e. The summed E-state index contributed by atoms with van der Waals surface area (Å²) >= 11 is 0. The van der Waals surface area contributed by atoms with E-state index in [1.165, 1.54) is 0 Å². The molecule has 1 rings (SSSR count). The Hall–Kier alpha value is -0.970. The normalized spacial score (nSPS) is 12.8. The summed E-state index contributed by atoms with van der Waals surface area (Å²) in [5, 5.41) is 17.5. The van der Waals surface area contributed by atoms with Crippen LogP contribution in [0.15, 0.2) is 18.2 Å². The molecule has 0 aliphatic heterocycles. The first kappa shape index (κ1) is 10.1. The van der Waals surface area contributed by atoms with E-state index in [-0.39, 0.29) is 19.3 Å². The Morgan fingerprint density at radius 3 is 2.77 bits per heavy atom. The largest absolute Gasteiger partial charge is 0.396 e. The lowest BCUT2D eigenvalue weighted by atomic mass is 10.1. The Morgan fingerprint density at radius 1 is 1.38 bits per heavy atom. The van der Waals surface area contributed by atoms with E-state index in [0.717, 1.165) is 0 Å². The number of aromatic nitrogens is 1. The molecule has 0 radical (unpaired) electrons. The molecule has 0 bridgehead atoms. The van der Waals surface area contributed by atoms with E-state index < -0.39 is 0 Å². The fraction of sp³-hybridized carbons (Fsp3) is 0.444. The molecule has 0 aliphatic rings. The Balaban J connectivity index is 2.75.